The second-order valence-corrected chi connectivity index (χ2v) is 9.32. The van der Waals surface area contributed by atoms with Crippen molar-refractivity contribution in [2.24, 2.45) is 5.92 Å². The Bertz CT molecular complexity index is 884. The number of ether oxygens (including phenoxy) is 3. The van der Waals surface area contributed by atoms with Crippen LogP contribution in [-0.2, 0) is 16.1 Å². The average molecular weight is 426 g/mol. The predicted molar refractivity (Wildman–Crippen MR) is 116 cm³/mol. The van der Waals surface area contributed by atoms with E-state index >= 15 is 0 Å². The molecule has 0 unspecified atom stereocenters. The third-order valence-corrected chi connectivity index (χ3v) is 5.61. The van der Waals surface area contributed by atoms with Crippen LogP contribution in [-0.4, -0.2) is 52.4 Å². The SMILES string of the molecule is CC(C)(C)OC(=O)N1CC[C@H]1COc1cncc([C@H]2C[C@@H]2COCc2ccccn2)c1. The lowest BCUT2D eigenvalue weighted by atomic mass is 10.1. The molecule has 1 saturated heterocycles. The Morgan fingerprint density at radius 1 is 1.23 bits per heavy atom. The van der Waals surface area contributed by atoms with Gasteiger partial charge in [-0.3, -0.25) is 9.97 Å². The van der Waals surface area contributed by atoms with Gasteiger partial charge in [0, 0.05) is 18.9 Å². The summed E-state index contributed by atoms with van der Waals surface area (Å²) in [6.45, 7) is 8.06. The molecule has 2 aromatic heterocycles. The molecule has 0 spiro atoms. The van der Waals surface area contributed by atoms with Crippen LogP contribution >= 0.6 is 0 Å². The highest BCUT2D eigenvalue weighted by Gasteiger charge is 2.39. The number of likely N-dealkylation sites (tertiary alicyclic amines) is 1. The number of amides is 1. The summed E-state index contributed by atoms with van der Waals surface area (Å²) >= 11 is 0. The van der Waals surface area contributed by atoms with Crippen LogP contribution in [0.4, 0.5) is 4.79 Å². The zero-order valence-corrected chi connectivity index (χ0v) is 18.5. The number of rotatable bonds is 8. The molecule has 4 rings (SSSR count). The maximum Gasteiger partial charge on any atom is 0.410 e. The number of nitrogens with zero attached hydrogens (tertiary/aromatic N) is 3. The van der Waals surface area contributed by atoms with E-state index in [-0.39, 0.29) is 12.1 Å². The van der Waals surface area contributed by atoms with E-state index in [9.17, 15) is 4.79 Å². The van der Waals surface area contributed by atoms with Gasteiger partial charge in [0.25, 0.3) is 0 Å². The molecular weight excluding hydrogens is 394 g/mol. The number of hydrogen-bond donors (Lipinski definition) is 0. The van der Waals surface area contributed by atoms with E-state index < -0.39 is 5.60 Å². The normalized spacial score (nSPS) is 22.5. The Balaban J connectivity index is 1.22. The fraction of sp³-hybridized carbons (Fsp3) is 0.542. The van der Waals surface area contributed by atoms with Crippen molar-refractivity contribution >= 4 is 6.09 Å². The number of aromatic nitrogens is 2. The Labute approximate surface area is 183 Å². The summed E-state index contributed by atoms with van der Waals surface area (Å²) in [5.74, 6) is 1.71. The van der Waals surface area contributed by atoms with Gasteiger partial charge in [0.05, 0.1) is 31.1 Å². The fourth-order valence-corrected chi connectivity index (χ4v) is 3.72. The Kier molecular flexibility index (Phi) is 6.41. The van der Waals surface area contributed by atoms with Crippen molar-refractivity contribution in [3.63, 3.8) is 0 Å². The molecule has 0 radical (unpaired) electrons. The maximum absolute atomic E-state index is 12.2. The Morgan fingerprint density at radius 3 is 2.81 bits per heavy atom. The zero-order valence-electron chi connectivity index (χ0n) is 18.5. The molecule has 1 amide bonds. The van der Waals surface area contributed by atoms with Crippen molar-refractivity contribution in [1.29, 1.82) is 0 Å². The van der Waals surface area contributed by atoms with Crippen LogP contribution in [0.5, 0.6) is 5.75 Å². The van der Waals surface area contributed by atoms with Crippen LogP contribution < -0.4 is 4.74 Å². The van der Waals surface area contributed by atoms with Gasteiger partial charge in [-0.15, -0.1) is 0 Å². The number of carbonyl (C=O) groups excluding carboxylic acids is 1. The van der Waals surface area contributed by atoms with Gasteiger partial charge in [0.2, 0.25) is 0 Å². The summed E-state index contributed by atoms with van der Waals surface area (Å²) in [7, 11) is 0. The summed E-state index contributed by atoms with van der Waals surface area (Å²) in [6, 6.07) is 7.96. The van der Waals surface area contributed by atoms with E-state index in [0.29, 0.717) is 31.6 Å². The Hall–Kier alpha value is -2.67. The summed E-state index contributed by atoms with van der Waals surface area (Å²) in [5.41, 5.74) is 1.65. The maximum atomic E-state index is 12.2. The number of hydrogen-bond acceptors (Lipinski definition) is 6. The van der Waals surface area contributed by atoms with E-state index in [1.807, 2.05) is 45.2 Å². The van der Waals surface area contributed by atoms with Crippen LogP contribution in [0.1, 0.15) is 50.8 Å². The monoisotopic (exact) mass is 425 g/mol. The highest BCUT2D eigenvalue weighted by Crippen LogP contribution is 2.48. The molecule has 0 N–H and O–H groups in total. The van der Waals surface area contributed by atoms with Crippen LogP contribution in [0.3, 0.4) is 0 Å². The van der Waals surface area contributed by atoms with E-state index in [2.05, 4.69) is 16.0 Å². The Morgan fingerprint density at radius 2 is 2.10 bits per heavy atom. The third-order valence-electron chi connectivity index (χ3n) is 5.61. The molecule has 7 heteroatoms. The number of carbonyl (C=O) groups is 1. The molecule has 1 aliphatic carbocycles. The van der Waals surface area contributed by atoms with Crippen LogP contribution in [0, 0.1) is 5.92 Å². The van der Waals surface area contributed by atoms with Gasteiger partial charge in [-0.25, -0.2) is 4.79 Å². The van der Waals surface area contributed by atoms with Gasteiger partial charge in [-0.2, -0.15) is 0 Å². The van der Waals surface area contributed by atoms with Gasteiger partial charge in [0.1, 0.15) is 18.0 Å². The molecule has 1 saturated carbocycles. The molecule has 0 bridgehead atoms. The van der Waals surface area contributed by atoms with Crippen LogP contribution in [0.2, 0.25) is 0 Å². The van der Waals surface area contributed by atoms with E-state index in [0.717, 1.165) is 30.9 Å². The average Bonchev–Trinajstić information content (AvgIpc) is 3.46. The van der Waals surface area contributed by atoms with Crippen molar-refractivity contribution in [3.05, 3.63) is 54.1 Å². The quantitative estimate of drug-likeness (QED) is 0.632. The third kappa shape index (κ3) is 5.94. The molecule has 2 aliphatic rings. The van der Waals surface area contributed by atoms with E-state index in [4.69, 9.17) is 14.2 Å². The summed E-state index contributed by atoms with van der Waals surface area (Å²) in [4.78, 5) is 22.6. The zero-order chi connectivity index (χ0) is 21.8. The van der Waals surface area contributed by atoms with Gasteiger partial charge in [0.15, 0.2) is 0 Å². The van der Waals surface area contributed by atoms with Crippen molar-refractivity contribution in [2.45, 2.75) is 57.8 Å². The second-order valence-electron chi connectivity index (χ2n) is 9.32. The first-order chi connectivity index (χ1) is 14.9. The van der Waals surface area contributed by atoms with Crippen LogP contribution in [0.25, 0.3) is 0 Å². The molecular formula is C24H31N3O4. The van der Waals surface area contributed by atoms with Gasteiger partial charge < -0.3 is 19.1 Å². The van der Waals surface area contributed by atoms with E-state index in [1.165, 1.54) is 5.56 Å². The van der Waals surface area contributed by atoms with E-state index in [1.54, 1.807) is 17.3 Å². The minimum Gasteiger partial charge on any atom is -0.490 e. The molecule has 1 aliphatic heterocycles. The first kappa shape index (κ1) is 21.6. The van der Waals surface area contributed by atoms with Gasteiger partial charge in [-0.1, -0.05) is 6.07 Å². The molecule has 7 nitrogen and oxygen atoms in total. The highest BCUT2D eigenvalue weighted by atomic mass is 16.6. The van der Waals surface area contributed by atoms with Crippen molar-refractivity contribution in [3.8, 4) is 5.75 Å². The first-order valence-corrected chi connectivity index (χ1v) is 10.9. The largest absolute Gasteiger partial charge is 0.490 e. The topological polar surface area (TPSA) is 73.8 Å². The molecule has 31 heavy (non-hydrogen) atoms. The lowest BCUT2D eigenvalue weighted by Crippen LogP contribution is -2.55. The van der Waals surface area contributed by atoms with Crippen molar-refractivity contribution in [1.82, 2.24) is 14.9 Å². The minimum absolute atomic E-state index is 0.0483. The minimum atomic E-state index is -0.488. The van der Waals surface area contributed by atoms with Crippen molar-refractivity contribution < 1.29 is 19.0 Å². The second kappa shape index (κ2) is 9.22. The molecule has 2 fully saturated rings. The highest BCUT2D eigenvalue weighted by molar-refractivity contribution is 5.69. The molecule has 2 aromatic rings. The number of pyridine rings is 2. The molecule has 3 atom stereocenters. The van der Waals surface area contributed by atoms with Crippen molar-refractivity contribution in [2.75, 3.05) is 19.8 Å². The summed E-state index contributed by atoms with van der Waals surface area (Å²) < 4.78 is 17.3. The molecule has 0 aromatic carbocycles. The summed E-state index contributed by atoms with van der Waals surface area (Å²) in [5, 5.41) is 0. The lowest BCUT2D eigenvalue weighted by molar-refractivity contribution is -0.0141. The summed E-state index contributed by atoms with van der Waals surface area (Å²) in [6.07, 6.45) is 7.17. The van der Waals surface area contributed by atoms with Crippen LogP contribution in [0.15, 0.2) is 42.9 Å². The predicted octanol–water partition coefficient (Wildman–Crippen LogP) is 4.19. The van der Waals surface area contributed by atoms with Gasteiger partial charge in [-0.05, 0) is 69.2 Å². The smallest absolute Gasteiger partial charge is 0.410 e. The first-order valence-electron chi connectivity index (χ1n) is 10.9. The molecule has 166 valence electrons. The lowest BCUT2D eigenvalue weighted by Gasteiger charge is -2.40. The standard InChI is InChI=1S/C24H31N3O4/c1-24(2,3)31-23(28)27-9-7-20(27)16-30-21-10-17(12-25-13-21)22-11-18(22)14-29-15-19-6-4-5-8-26-19/h4-6,8,10,12-13,18,20,22H,7,9,11,14-16H2,1-3H3/t18-,20+,22-/m1/s1. The fourth-order valence-electron chi connectivity index (χ4n) is 3.72. The molecule has 3 heterocycles. The van der Waals surface area contributed by atoms with Gasteiger partial charge >= 0.3 is 6.09 Å².